The quantitative estimate of drug-likeness (QED) is 0.633. The van der Waals surface area contributed by atoms with Gasteiger partial charge in [0.2, 0.25) is 5.88 Å². The average molecular weight is 439 g/mol. The van der Waals surface area contributed by atoms with Crippen molar-refractivity contribution in [2.75, 3.05) is 14.2 Å². The molecule has 2 saturated heterocycles. The Kier molecular flexibility index (Phi) is 5.06. The minimum Gasteiger partial charge on any atom is -0.507 e. The summed E-state index contributed by atoms with van der Waals surface area (Å²) in [5.41, 5.74) is 2.65. The van der Waals surface area contributed by atoms with Crippen LogP contribution >= 0.6 is 11.3 Å². The van der Waals surface area contributed by atoms with Crippen LogP contribution in [0, 0.1) is 0 Å². The summed E-state index contributed by atoms with van der Waals surface area (Å²) in [6.07, 6.45) is 6.33. The number of methoxy groups -OCH3 is 1. The lowest BCUT2D eigenvalue weighted by Crippen LogP contribution is -2.51. The fourth-order valence-electron chi connectivity index (χ4n) is 4.88. The van der Waals surface area contributed by atoms with Crippen LogP contribution in [0.2, 0.25) is 0 Å². The Balaban J connectivity index is 1.33. The van der Waals surface area contributed by atoms with Gasteiger partial charge in [-0.1, -0.05) is 22.5 Å². The van der Waals surface area contributed by atoms with Crippen LogP contribution in [0.15, 0.2) is 36.5 Å². The molecule has 2 aromatic heterocycles. The molecule has 0 amide bonds. The Morgan fingerprint density at radius 2 is 2.03 bits per heavy atom. The Bertz CT molecular complexity index is 1100. The molecule has 2 aliphatic heterocycles. The van der Waals surface area contributed by atoms with E-state index in [0.29, 0.717) is 27.7 Å². The zero-order chi connectivity index (χ0) is 21.6. The summed E-state index contributed by atoms with van der Waals surface area (Å²) in [6, 6.07) is 9.82. The van der Waals surface area contributed by atoms with Gasteiger partial charge in [0, 0.05) is 30.3 Å². The van der Waals surface area contributed by atoms with Crippen molar-refractivity contribution in [3.8, 4) is 38.5 Å². The number of aromatic nitrogens is 3. The first-order chi connectivity index (χ1) is 14.9. The number of phenols is 1. The molecule has 0 unspecified atom stereocenters. The van der Waals surface area contributed by atoms with Crippen LogP contribution in [0.5, 0.6) is 16.8 Å². The normalized spacial score (nSPS) is 25.5. The van der Waals surface area contributed by atoms with Crippen molar-refractivity contribution < 1.29 is 14.6 Å². The summed E-state index contributed by atoms with van der Waals surface area (Å²) >= 11 is 1.38. The van der Waals surface area contributed by atoms with E-state index in [1.807, 2.05) is 24.3 Å². The zero-order valence-electron chi connectivity index (χ0n) is 17.9. The lowest BCUT2D eigenvalue weighted by Gasteiger charge is -2.43. The highest BCUT2D eigenvalue weighted by Crippen LogP contribution is 2.44. The van der Waals surface area contributed by atoms with Crippen molar-refractivity contribution in [2.24, 2.45) is 0 Å². The van der Waals surface area contributed by atoms with E-state index < -0.39 is 0 Å². The predicted octanol–water partition coefficient (Wildman–Crippen LogP) is 4.38. The summed E-state index contributed by atoms with van der Waals surface area (Å²) in [5.74, 6) is 0.684. The van der Waals surface area contributed by atoms with Gasteiger partial charge >= 0.3 is 0 Å². The predicted molar refractivity (Wildman–Crippen MR) is 120 cm³/mol. The number of benzene rings is 1. The topological polar surface area (TPSA) is 80.6 Å². The van der Waals surface area contributed by atoms with Crippen LogP contribution in [0.1, 0.15) is 32.6 Å². The number of hydrogen-bond donors (Lipinski definition) is 1. The second-order valence-corrected chi connectivity index (χ2v) is 9.61. The maximum absolute atomic E-state index is 10.6. The third-order valence-corrected chi connectivity index (χ3v) is 7.64. The Morgan fingerprint density at radius 1 is 1.19 bits per heavy atom. The summed E-state index contributed by atoms with van der Waals surface area (Å²) in [6.45, 7) is 2.33. The molecule has 0 saturated carbocycles. The molecule has 4 heterocycles. The van der Waals surface area contributed by atoms with Crippen LogP contribution in [0.3, 0.4) is 0 Å². The van der Waals surface area contributed by atoms with Gasteiger partial charge in [-0.3, -0.25) is 4.90 Å². The number of ether oxygens (including phenoxy) is 2. The van der Waals surface area contributed by atoms with Crippen molar-refractivity contribution in [3.63, 3.8) is 0 Å². The number of pyridine rings is 1. The van der Waals surface area contributed by atoms with Crippen molar-refractivity contribution in [2.45, 2.75) is 50.3 Å². The van der Waals surface area contributed by atoms with Crippen LogP contribution in [-0.4, -0.2) is 57.0 Å². The van der Waals surface area contributed by atoms with E-state index in [9.17, 15) is 5.11 Å². The van der Waals surface area contributed by atoms with Gasteiger partial charge in [0.25, 0.3) is 5.19 Å². The molecule has 2 bridgehead atoms. The highest BCUT2D eigenvalue weighted by molar-refractivity contribution is 7.16. The van der Waals surface area contributed by atoms with E-state index in [2.05, 4.69) is 34.1 Å². The molecule has 8 heteroatoms. The fraction of sp³-hybridized carbons (Fsp3) is 0.435. The highest BCUT2D eigenvalue weighted by Gasteiger charge is 2.47. The van der Waals surface area contributed by atoms with Gasteiger partial charge in [-0.15, -0.1) is 5.10 Å². The van der Waals surface area contributed by atoms with Crippen molar-refractivity contribution in [1.29, 1.82) is 0 Å². The zero-order valence-corrected chi connectivity index (χ0v) is 18.7. The minimum absolute atomic E-state index is 0.154. The maximum Gasteiger partial charge on any atom is 0.294 e. The van der Waals surface area contributed by atoms with Gasteiger partial charge in [0.05, 0.1) is 12.7 Å². The van der Waals surface area contributed by atoms with E-state index in [1.54, 1.807) is 19.4 Å². The van der Waals surface area contributed by atoms with E-state index in [1.165, 1.54) is 24.2 Å². The molecular formula is C23H26N4O3S. The second kappa shape index (κ2) is 7.76. The molecule has 7 nitrogen and oxygen atoms in total. The van der Waals surface area contributed by atoms with Gasteiger partial charge in [-0.2, -0.15) is 0 Å². The smallest absolute Gasteiger partial charge is 0.294 e. The summed E-state index contributed by atoms with van der Waals surface area (Å²) in [7, 11) is 3.81. The molecular weight excluding hydrogens is 412 g/mol. The van der Waals surface area contributed by atoms with Crippen molar-refractivity contribution >= 4 is 11.3 Å². The molecule has 2 fully saturated rings. The molecule has 1 N–H and O–H groups in total. The molecule has 162 valence electrons. The number of fused-ring (bicyclic) bond motifs is 2. The molecule has 1 aromatic carbocycles. The molecule has 5 rings (SSSR count). The number of aromatic hydroxyl groups is 1. The number of nitrogens with zero attached hydrogens (tertiary/aromatic N) is 4. The second-order valence-electron chi connectivity index (χ2n) is 8.67. The fourth-order valence-corrected chi connectivity index (χ4v) is 5.67. The van der Waals surface area contributed by atoms with Gasteiger partial charge in [-0.25, -0.2) is 4.98 Å². The highest BCUT2D eigenvalue weighted by atomic mass is 32.1. The first-order valence-electron chi connectivity index (χ1n) is 10.5. The first-order valence-corrected chi connectivity index (χ1v) is 11.3. The monoisotopic (exact) mass is 438 g/mol. The molecule has 2 aliphatic rings. The number of piperidine rings is 1. The summed E-state index contributed by atoms with van der Waals surface area (Å²) < 4.78 is 11.4. The van der Waals surface area contributed by atoms with Crippen LogP contribution in [0.4, 0.5) is 0 Å². The van der Waals surface area contributed by atoms with Crippen molar-refractivity contribution in [3.05, 3.63) is 36.5 Å². The largest absolute Gasteiger partial charge is 0.507 e. The Labute approximate surface area is 185 Å². The number of phenolic OH excluding ortho intramolecular Hbond substituents is 1. The Hall–Kier alpha value is -2.71. The Morgan fingerprint density at radius 3 is 2.81 bits per heavy atom. The molecule has 0 radical (unpaired) electrons. The molecule has 0 aliphatic carbocycles. The third-order valence-electron chi connectivity index (χ3n) is 6.80. The van der Waals surface area contributed by atoms with E-state index in [0.717, 1.165) is 24.0 Å². The summed E-state index contributed by atoms with van der Waals surface area (Å²) in [5, 5.41) is 20.4. The lowest BCUT2D eigenvalue weighted by atomic mass is 9.89. The third kappa shape index (κ3) is 3.74. The minimum atomic E-state index is 0.154. The van der Waals surface area contributed by atoms with E-state index in [4.69, 9.17) is 9.47 Å². The SMILES string of the molecule is COc1cc(-c2ccc(-c3nnc(O[C@H]4C[C@@H]5CC[C@](C)(C4)N5C)s3)c(O)c2)ccn1. The van der Waals surface area contributed by atoms with Gasteiger partial charge in [0.15, 0.2) is 5.01 Å². The van der Waals surface area contributed by atoms with Crippen molar-refractivity contribution in [1.82, 2.24) is 20.1 Å². The molecule has 0 spiro atoms. The van der Waals surface area contributed by atoms with Crippen LogP contribution in [0.25, 0.3) is 21.7 Å². The lowest BCUT2D eigenvalue weighted by molar-refractivity contribution is 0.0176. The van der Waals surface area contributed by atoms with Gasteiger partial charge < -0.3 is 14.6 Å². The number of rotatable bonds is 5. The average Bonchev–Trinajstić information content (AvgIpc) is 3.28. The first kappa shape index (κ1) is 20.2. The molecule has 31 heavy (non-hydrogen) atoms. The number of hydrogen-bond acceptors (Lipinski definition) is 8. The summed E-state index contributed by atoms with van der Waals surface area (Å²) in [4.78, 5) is 6.64. The van der Waals surface area contributed by atoms with Crippen LogP contribution < -0.4 is 9.47 Å². The van der Waals surface area contributed by atoms with E-state index in [-0.39, 0.29) is 17.4 Å². The van der Waals surface area contributed by atoms with E-state index >= 15 is 0 Å². The maximum atomic E-state index is 10.6. The van der Waals surface area contributed by atoms with Gasteiger partial charge in [-0.05, 0) is 62.6 Å². The standard InChI is InChI=1S/C23H26N4O3S/c1-23-8-6-16(27(23)2)12-17(13-23)30-22-26-25-21(31-22)18-5-4-14(10-19(18)28)15-7-9-24-20(11-15)29-3/h4-5,7,9-11,16-17,28H,6,8,12-13H2,1-3H3/t16-,17-,23+/m0/s1. The van der Waals surface area contributed by atoms with Crippen LogP contribution in [-0.2, 0) is 0 Å². The molecule has 3 aromatic rings. The van der Waals surface area contributed by atoms with Gasteiger partial charge in [0.1, 0.15) is 11.9 Å². The molecule has 3 atom stereocenters.